The molecule has 2 heterocycles. The number of nitrogens with zero attached hydrogens (tertiary/aromatic N) is 2. The Morgan fingerprint density at radius 1 is 0.929 bits per heavy atom. The minimum Gasteiger partial charge on any atom is -0.325 e. The number of para-hydroxylation sites is 2. The van der Waals surface area contributed by atoms with Crippen molar-refractivity contribution >= 4 is 28.1 Å². The number of carbonyl (C=O) groups is 1. The zero-order chi connectivity index (χ0) is 19.9. The molecule has 0 unspecified atom stereocenters. The largest absolute Gasteiger partial charge is 0.416 e. The second kappa shape index (κ2) is 6.56. The summed E-state index contributed by atoms with van der Waals surface area (Å²) in [5.74, 6) is -0.595. The van der Waals surface area contributed by atoms with E-state index < -0.39 is 17.6 Å². The minimum atomic E-state index is -4.51. The van der Waals surface area contributed by atoms with Gasteiger partial charge in [-0.15, -0.1) is 0 Å². The number of fused-ring (bicyclic) bond motifs is 3. The number of anilines is 1. The van der Waals surface area contributed by atoms with E-state index in [1.54, 1.807) is 34.9 Å². The van der Waals surface area contributed by atoms with Crippen LogP contribution in [0.5, 0.6) is 0 Å². The van der Waals surface area contributed by atoms with Gasteiger partial charge in [-0.05, 0) is 42.5 Å². The number of amides is 1. The van der Waals surface area contributed by atoms with Gasteiger partial charge in [-0.3, -0.25) is 14.2 Å². The summed E-state index contributed by atoms with van der Waals surface area (Å²) in [4.78, 5) is 25.2. The monoisotopic (exact) mass is 385 g/mol. The van der Waals surface area contributed by atoms with Crippen LogP contribution in [-0.2, 0) is 17.5 Å². The number of aromatic nitrogens is 2. The third kappa shape index (κ3) is 3.13. The maximum absolute atomic E-state index is 12.8. The standard InChI is InChI=1S/C20H14F3N3O2/c21-20(22,23)13-5-3-6-14(11-13)24-18(27)12-26-16-8-2-1-7-15(16)25-10-4-9-17(25)19(26)28/h1-11H,12H2,(H,24,27). The van der Waals surface area contributed by atoms with Gasteiger partial charge in [0.05, 0.1) is 16.6 Å². The number of halogens is 3. The van der Waals surface area contributed by atoms with Crippen LogP contribution in [0.4, 0.5) is 18.9 Å². The Morgan fingerprint density at radius 2 is 1.64 bits per heavy atom. The molecular weight excluding hydrogens is 371 g/mol. The lowest BCUT2D eigenvalue weighted by Gasteiger charge is -2.13. The average molecular weight is 385 g/mol. The lowest BCUT2D eigenvalue weighted by atomic mass is 10.2. The molecule has 0 aliphatic heterocycles. The number of carbonyl (C=O) groups excluding carboxylic acids is 1. The van der Waals surface area contributed by atoms with Crippen molar-refractivity contribution in [3.05, 3.63) is 82.8 Å². The fraction of sp³-hybridized carbons (Fsp3) is 0.100. The zero-order valence-corrected chi connectivity index (χ0v) is 14.4. The first-order valence-corrected chi connectivity index (χ1v) is 8.40. The number of alkyl halides is 3. The van der Waals surface area contributed by atoms with Crippen LogP contribution < -0.4 is 10.9 Å². The van der Waals surface area contributed by atoms with Crippen molar-refractivity contribution in [2.24, 2.45) is 0 Å². The lowest BCUT2D eigenvalue weighted by Crippen LogP contribution is -2.29. The van der Waals surface area contributed by atoms with Crippen molar-refractivity contribution in [2.75, 3.05) is 5.32 Å². The summed E-state index contributed by atoms with van der Waals surface area (Å²) >= 11 is 0. The highest BCUT2D eigenvalue weighted by atomic mass is 19.4. The summed E-state index contributed by atoms with van der Waals surface area (Å²) < 4.78 is 41.6. The van der Waals surface area contributed by atoms with Crippen LogP contribution in [0.2, 0.25) is 0 Å². The average Bonchev–Trinajstić information content (AvgIpc) is 3.15. The van der Waals surface area contributed by atoms with Crippen molar-refractivity contribution in [3.8, 4) is 0 Å². The summed E-state index contributed by atoms with van der Waals surface area (Å²) in [6.45, 7) is -0.322. The molecule has 0 aliphatic carbocycles. The summed E-state index contributed by atoms with van der Waals surface area (Å²) in [6, 6.07) is 14.8. The number of benzene rings is 2. The molecule has 0 fully saturated rings. The van der Waals surface area contributed by atoms with Gasteiger partial charge in [-0.1, -0.05) is 18.2 Å². The van der Waals surface area contributed by atoms with Crippen LogP contribution in [0.15, 0.2) is 71.7 Å². The van der Waals surface area contributed by atoms with Gasteiger partial charge >= 0.3 is 6.18 Å². The molecule has 0 aliphatic rings. The molecule has 0 radical (unpaired) electrons. The maximum Gasteiger partial charge on any atom is 0.416 e. The van der Waals surface area contributed by atoms with Gasteiger partial charge in [0.25, 0.3) is 5.56 Å². The Bertz CT molecular complexity index is 1260. The van der Waals surface area contributed by atoms with E-state index in [4.69, 9.17) is 0 Å². The third-order valence-electron chi connectivity index (χ3n) is 4.42. The van der Waals surface area contributed by atoms with Gasteiger partial charge in [0.2, 0.25) is 5.91 Å². The van der Waals surface area contributed by atoms with E-state index in [-0.39, 0.29) is 17.8 Å². The predicted molar refractivity (Wildman–Crippen MR) is 99.2 cm³/mol. The molecule has 0 spiro atoms. The molecule has 2 aromatic heterocycles. The normalized spacial score (nSPS) is 11.8. The topological polar surface area (TPSA) is 55.5 Å². The van der Waals surface area contributed by atoms with E-state index in [9.17, 15) is 22.8 Å². The Morgan fingerprint density at radius 3 is 2.39 bits per heavy atom. The smallest absolute Gasteiger partial charge is 0.325 e. The van der Waals surface area contributed by atoms with Crippen LogP contribution in [0.25, 0.3) is 16.6 Å². The molecule has 1 amide bonds. The summed E-state index contributed by atoms with van der Waals surface area (Å²) in [5.41, 5.74) is 0.501. The third-order valence-corrected chi connectivity index (χ3v) is 4.42. The van der Waals surface area contributed by atoms with Gasteiger partial charge in [0, 0.05) is 11.9 Å². The van der Waals surface area contributed by atoms with Crippen molar-refractivity contribution in [1.82, 2.24) is 8.97 Å². The number of hydrogen-bond acceptors (Lipinski definition) is 2. The molecule has 4 rings (SSSR count). The van der Waals surface area contributed by atoms with Crippen molar-refractivity contribution < 1.29 is 18.0 Å². The van der Waals surface area contributed by atoms with Gasteiger partial charge in [0.15, 0.2) is 0 Å². The van der Waals surface area contributed by atoms with Gasteiger partial charge in [-0.2, -0.15) is 13.2 Å². The number of hydrogen-bond donors (Lipinski definition) is 1. The molecule has 0 saturated carbocycles. The van der Waals surface area contributed by atoms with E-state index in [0.29, 0.717) is 11.0 Å². The first-order chi connectivity index (χ1) is 13.3. The Balaban J connectivity index is 1.69. The van der Waals surface area contributed by atoms with E-state index in [1.807, 2.05) is 12.1 Å². The Kier molecular flexibility index (Phi) is 4.18. The highest BCUT2D eigenvalue weighted by molar-refractivity contribution is 5.92. The van der Waals surface area contributed by atoms with Crippen LogP contribution in [-0.4, -0.2) is 14.9 Å². The second-order valence-electron chi connectivity index (χ2n) is 6.27. The fourth-order valence-electron chi connectivity index (χ4n) is 3.18. The maximum atomic E-state index is 12.8. The summed E-state index contributed by atoms with van der Waals surface area (Å²) in [7, 11) is 0. The summed E-state index contributed by atoms with van der Waals surface area (Å²) in [6.07, 6.45) is -2.75. The zero-order valence-electron chi connectivity index (χ0n) is 14.4. The molecule has 8 heteroatoms. The molecule has 142 valence electrons. The summed E-state index contributed by atoms with van der Waals surface area (Å²) in [5, 5.41) is 2.43. The molecule has 0 bridgehead atoms. The SMILES string of the molecule is O=C(Cn1c(=O)c2cccn2c2ccccc21)Nc1cccc(C(F)(F)F)c1. The molecule has 4 aromatic rings. The molecule has 5 nitrogen and oxygen atoms in total. The van der Waals surface area contributed by atoms with Crippen molar-refractivity contribution in [2.45, 2.75) is 12.7 Å². The molecule has 0 atom stereocenters. The first kappa shape index (κ1) is 17.8. The quantitative estimate of drug-likeness (QED) is 0.581. The fourth-order valence-corrected chi connectivity index (χ4v) is 3.18. The second-order valence-corrected chi connectivity index (χ2v) is 6.27. The van der Waals surface area contributed by atoms with E-state index >= 15 is 0 Å². The van der Waals surface area contributed by atoms with E-state index in [0.717, 1.165) is 17.6 Å². The molecule has 2 aromatic carbocycles. The van der Waals surface area contributed by atoms with Gasteiger partial charge in [-0.25, -0.2) is 0 Å². The van der Waals surface area contributed by atoms with Gasteiger partial charge in [0.1, 0.15) is 12.1 Å². The molecule has 0 saturated heterocycles. The van der Waals surface area contributed by atoms with E-state index in [2.05, 4.69) is 5.32 Å². The highest BCUT2D eigenvalue weighted by Gasteiger charge is 2.30. The Labute approximate surface area is 156 Å². The van der Waals surface area contributed by atoms with Crippen LogP contribution in [0, 0.1) is 0 Å². The minimum absolute atomic E-state index is 0.0148. The highest BCUT2D eigenvalue weighted by Crippen LogP contribution is 2.30. The first-order valence-electron chi connectivity index (χ1n) is 8.40. The lowest BCUT2D eigenvalue weighted by molar-refractivity contribution is -0.137. The van der Waals surface area contributed by atoms with Gasteiger partial charge < -0.3 is 9.72 Å². The van der Waals surface area contributed by atoms with E-state index in [1.165, 1.54) is 16.7 Å². The van der Waals surface area contributed by atoms with Crippen LogP contribution in [0.3, 0.4) is 0 Å². The van der Waals surface area contributed by atoms with Crippen molar-refractivity contribution in [1.29, 1.82) is 0 Å². The molecule has 28 heavy (non-hydrogen) atoms. The number of nitrogens with one attached hydrogen (secondary N) is 1. The number of rotatable bonds is 3. The van der Waals surface area contributed by atoms with Crippen molar-refractivity contribution in [3.63, 3.8) is 0 Å². The van der Waals surface area contributed by atoms with Crippen LogP contribution >= 0.6 is 0 Å². The molecule has 1 N–H and O–H groups in total. The molecular formula is C20H14F3N3O2. The van der Waals surface area contributed by atoms with Crippen LogP contribution in [0.1, 0.15) is 5.56 Å². The predicted octanol–water partition coefficient (Wildman–Crippen LogP) is 3.91. The Hall–Kier alpha value is -3.55.